The number of nitrogens with zero attached hydrogens (tertiary/aromatic N) is 1. The molecule has 3 nitrogen and oxygen atoms in total. The first-order valence-electron chi connectivity index (χ1n) is 7.42. The Hall–Kier alpha value is -1.06. The molecule has 0 bridgehead atoms. The summed E-state index contributed by atoms with van der Waals surface area (Å²) in [5.41, 5.74) is 2.69. The monoisotopic (exact) mass is 262 g/mol. The molecule has 1 N–H and O–H groups in total. The van der Waals surface area contributed by atoms with Crippen LogP contribution in [0, 0.1) is 0 Å². The number of hydrogen-bond acceptors (Lipinski definition) is 3. The third kappa shape index (κ3) is 4.22. The fourth-order valence-corrected chi connectivity index (χ4v) is 2.62. The summed E-state index contributed by atoms with van der Waals surface area (Å²) in [4.78, 5) is 2.33. The zero-order chi connectivity index (χ0) is 13.5. The Morgan fingerprint density at radius 3 is 2.95 bits per heavy atom. The molecule has 3 heteroatoms. The van der Waals surface area contributed by atoms with E-state index >= 15 is 0 Å². The Balaban J connectivity index is 1.96. The molecule has 2 rings (SSSR count). The summed E-state index contributed by atoms with van der Waals surface area (Å²) >= 11 is 0. The van der Waals surface area contributed by atoms with Gasteiger partial charge < -0.3 is 15.0 Å². The number of hydrogen-bond donors (Lipinski definition) is 1. The van der Waals surface area contributed by atoms with Gasteiger partial charge >= 0.3 is 0 Å². The molecule has 1 heterocycles. The first kappa shape index (κ1) is 14.4. The molecule has 1 atom stereocenters. The summed E-state index contributed by atoms with van der Waals surface area (Å²) in [6.45, 7) is 6.13. The lowest BCUT2D eigenvalue weighted by Crippen LogP contribution is -2.29. The van der Waals surface area contributed by atoms with E-state index in [1.165, 1.54) is 30.5 Å². The smallest absolute Gasteiger partial charge is 0.0750 e. The van der Waals surface area contributed by atoms with E-state index in [9.17, 15) is 0 Å². The number of benzene rings is 1. The fourth-order valence-electron chi connectivity index (χ4n) is 2.62. The minimum absolute atomic E-state index is 0.404. The molecule has 0 aliphatic carbocycles. The number of anilines is 1. The molecule has 0 aromatic heterocycles. The molecular formula is C16H26N2O. The zero-order valence-electron chi connectivity index (χ0n) is 12.2. The van der Waals surface area contributed by atoms with Crippen LogP contribution in [0.4, 0.5) is 5.69 Å². The van der Waals surface area contributed by atoms with Gasteiger partial charge in [0.15, 0.2) is 0 Å². The highest BCUT2D eigenvalue weighted by Gasteiger charge is 2.18. The van der Waals surface area contributed by atoms with E-state index in [4.69, 9.17) is 4.74 Å². The zero-order valence-corrected chi connectivity index (χ0v) is 12.2. The van der Waals surface area contributed by atoms with Crippen LogP contribution in [-0.4, -0.2) is 32.8 Å². The molecule has 106 valence electrons. The summed E-state index contributed by atoms with van der Waals surface area (Å²) < 4.78 is 5.73. The van der Waals surface area contributed by atoms with Gasteiger partial charge in [0.2, 0.25) is 0 Å². The van der Waals surface area contributed by atoms with Gasteiger partial charge in [0, 0.05) is 32.4 Å². The molecule has 1 aliphatic heterocycles. The van der Waals surface area contributed by atoms with Gasteiger partial charge in [-0.1, -0.05) is 25.1 Å². The molecule has 0 amide bonds. The van der Waals surface area contributed by atoms with E-state index in [1.54, 1.807) is 0 Å². The average Bonchev–Trinajstić information content (AvgIpc) is 2.92. The van der Waals surface area contributed by atoms with E-state index < -0.39 is 0 Å². The summed E-state index contributed by atoms with van der Waals surface area (Å²) in [5.74, 6) is 0. The highest BCUT2D eigenvalue weighted by Crippen LogP contribution is 2.21. The maximum absolute atomic E-state index is 5.73. The molecule has 0 saturated carbocycles. The minimum atomic E-state index is 0.404. The first-order chi connectivity index (χ1) is 9.31. The van der Waals surface area contributed by atoms with Crippen LogP contribution in [-0.2, 0) is 11.3 Å². The Bertz CT molecular complexity index is 375. The second-order valence-electron chi connectivity index (χ2n) is 5.32. The van der Waals surface area contributed by atoms with Gasteiger partial charge in [0.25, 0.3) is 0 Å². The molecular weight excluding hydrogens is 236 g/mol. The second-order valence-corrected chi connectivity index (χ2v) is 5.32. The van der Waals surface area contributed by atoms with Crippen LogP contribution in [0.1, 0.15) is 31.7 Å². The van der Waals surface area contributed by atoms with Gasteiger partial charge in [0.1, 0.15) is 0 Å². The predicted molar refractivity (Wildman–Crippen MR) is 80.7 cm³/mol. The minimum Gasteiger partial charge on any atom is -0.376 e. The Kier molecular flexibility index (Phi) is 5.67. The van der Waals surface area contributed by atoms with E-state index in [-0.39, 0.29) is 0 Å². The molecule has 0 spiro atoms. The van der Waals surface area contributed by atoms with Crippen molar-refractivity contribution in [2.45, 2.75) is 38.8 Å². The van der Waals surface area contributed by atoms with Gasteiger partial charge in [0.05, 0.1) is 6.10 Å². The van der Waals surface area contributed by atoms with Crippen molar-refractivity contribution in [1.29, 1.82) is 0 Å². The van der Waals surface area contributed by atoms with Crippen molar-refractivity contribution in [2.75, 3.05) is 31.6 Å². The maximum Gasteiger partial charge on any atom is 0.0750 e. The van der Waals surface area contributed by atoms with Gasteiger partial charge in [-0.25, -0.2) is 0 Å². The molecule has 1 aromatic rings. The van der Waals surface area contributed by atoms with Crippen molar-refractivity contribution in [3.63, 3.8) is 0 Å². The van der Waals surface area contributed by atoms with E-state index in [0.717, 1.165) is 26.2 Å². The summed E-state index contributed by atoms with van der Waals surface area (Å²) in [7, 11) is 2.17. The molecule has 1 aromatic carbocycles. The maximum atomic E-state index is 5.73. The number of nitrogens with one attached hydrogen (secondary N) is 1. The second kappa shape index (κ2) is 7.51. The van der Waals surface area contributed by atoms with Crippen LogP contribution < -0.4 is 10.2 Å². The fraction of sp³-hybridized carbons (Fsp3) is 0.625. The Morgan fingerprint density at radius 2 is 2.21 bits per heavy atom. The van der Waals surface area contributed by atoms with Crippen LogP contribution in [0.15, 0.2) is 24.3 Å². The normalized spacial score (nSPS) is 18.7. The molecule has 1 unspecified atom stereocenters. The molecule has 19 heavy (non-hydrogen) atoms. The Morgan fingerprint density at radius 1 is 1.37 bits per heavy atom. The van der Waals surface area contributed by atoms with Crippen molar-refractivity contribution in [3.05, 3.63) is 29.8 Å². The van der Waals surface area contributed by atoms with Crippen molar-refractivity contribution in [3.8, 4) is 0 Å². The van der Waals surface area contributed by atoms with Crippen LogP contribution in [0.25, 0.3) is 0 Å². The van der Waals surface area contributed by atoms with E-state index in [2.05, 4.69) is 48.5 Å². The van der Waals surface area contributed by atoms with Crippen molar-refractivity contribution in [2.24, 2.45) is 0 Å². The van der Waals surface area contributed by atoms with Gasteiger partial charge in [-0.3, -0.25) is 0 Å². The average molecular weight is 262 g/mol. The summed E-state index contributed by atoms with van der Waals surface area (Å²) in [6.07, 6.45) is 3.98. The van der Waals surface area contributed by atoms with Crippen LogP contribution in [0.2, 0.25) is 0 Å². The number of para-hydroxylation sites is 1. The topological polar surface area (TPSA) is 24.5 Å². The lowest BCUT2D eigenvalue weighted by Gasteiger charge is -2.25. The lowest BCUT2D eigenvalue weighted by molar-refractivity contribution is 0.116. The van der Waals surface area contributed by atoms with Gasteiger partial charge in [-0.2, -0.15) is 0 Å². The Labute approximate surface area is 116 Å². The van der Waals surface area contributed by atoms with E-state index in [1.807, 2.05) is 0 Å². The molecule has 1 fully saturated rings. The number of rotatable bonds is 7. The third-order valence-electron chi connectivity index (χ3n) is 3.65. The molecule has 0 radical (unpaired) electrons. The number of likely N-dealkylation sites (N-methyl/N-ethyl adjacent to an activating group) is 1. The molecule has 1 aliphatic rings. The predicted octanol–water partition coefficient (Wildman–Crippen LogP) is 2.80. The number of ether oxygens (including phenoxy) is 1. The van der Waals surface area contributed by atoms with Crippen LogP contribution in [0.3, 0.4) is 0 Å². The summed E-state index contributed by atoms with van der Waals surface area (Å²) in [5, 5.41) is 3.48. The van der Waals surface area contributed by atoms with Gasteiger partial charge in [-0.05, 0) is 37.4 Å². The first-order valence-corrected chi connectivity index (χ1v) is 7.42. The van der Waals surface area contributed by atoms with Crippen LogP contribution in [0.5, 0.6) is 0 Å². The highest BCUT2D eigenvalue weighted by atomic mass is 16.5. The van der Waals surface area contributed by atoms with Crippen molar-refractivity contribution >= 4 is 5.69 Å². The standard InChI is InChI=1S/C16H26N2O/c1-3-10-17-12-14-7-4-5-9-16(14)18(2)13-15-8-6-11-19-15/h4-5,7,9,15,17H,3,6,8,10-13H2,1-2H3. The quantitative estimate of drug-likeness (QED) is 0.765. The highest BCUT2D eigenvalue weighted by molar-refractivity contribution is 5.53. The van der Waals surface area contributed by atoms with E-state index in [0.29, 0.717) is 6.10 Å². The molecule has 1 saturated heterocycles. The van der Waals surface area contributed by atoms with Gasteiger partial charge in [-0.15, -0.1) is 0 Å². The largest absolute Gasteiger partial charge is 0.376 e. The van der Waals surface area contributed by atoms with Crippen molar-refractivity contribution in [1.82, 2.24) is 5.32 Å². The van der Waals surface area contributed by atoms with Crippen molar-refractivity contribution < 1.29 is 4.74 Å². The SMILES string of the molecule is CCCNCc1ccccc1N(C)CC1CCCO1. The summed E-state index contributed by atoms with van der Waals surface area (Å²) in [6, 6.07) is 8.65. The van der Waals surface area contributed by atoms with Crippen LogP contribution >= 0.6 is 0 Å². The third-order valence-corrected chi connectivity index (χ3v) is 3.65. The lowest BCUT2D eigenvalue weighted by atomic mass is 10.1.